The summed E-state index contributed by atoms with van der Waals surface area (Å²) < 4.78 is 0. The Morgan fingerprint density at radius 2 is 2.00 bits per heavy atom. The van der Waals surface area contributed by atoms with Crippen molar-refractivity contribution in [3.63, 3.8) is 0 Å². The van der Waals surface area contributed by atoms with E-state index in [1.54, 1.807) is 0 Å². The fourth-order valence-corrected chi connectivity index (χ4v) is 5.46. The molecule has 1 fully saturated rings. The number of carbonyl (C=O) groups is 3. The Labute approximate surface area is 210 Å². The van der Waals surface area contributed by atoms with E-state index in [1.807, 2.05) is 59.8 Å². The van der Waals surface area contributed by atoms with Crippen molar-refractivity contribution < 1.29 is 19.5 Å². The molecule has 2 N–H and O–H groups in total. The average molecular weight is 469 g/mol. The van der Waals surface area contributed by atoms with Crippen LogP contribution in [0.5, 0.6) is 0 Å². The van der Waals surface area contributed by atoms with Crippen LogP contribution in [0.2, 0.25) is 0 Å². The van der Waals surface area contributed by atoms with E-state index in [0.717, 1.165) is 10.6 Å². The third-order valence-corrected chi connectivity index (χ3v) is 7.12. The molecule has 158 valence electrons. The number of fused-ring (bicyclic) bond motifs is 1. The van der Waals surface area contributed by atoms with Crippen molar-refractivity contribution in [3.05, 3.63) is 52.7 Å². The number of carbonyl (C=O) groups excluding carboxylic acids is 2. The molecule has 1 saturated heterocycles. The number of nitrogens with zero attached hydrogens (tertiary/aromatic N) is 3. The summed E-state index contributed by atoms with van der Waals surface area (Å²) in [6.45, 7) is 0. The van der Waals surface area contributed by atoms with Gasteiger partial charge < -0.3 is 15.3 Å². The molecule has 0 saturated carbocycles. The summed E-state index contributed by atoms with van der Waals surface area (Å²) in [5.41, 5.74) is 0.873. The molecule has 11 heteroatoms. The number of aliphatic imine (C=N–C) groups is 1. The number of hydrogen-bond acceptors (Lipinski definition) is 7. The van der Waals surface area contributed by atoms with Crippen LogP contribution in [0, 0.1) is 0 Å². The van der Waals surface area contributed by atoms with E-state index < -0.39 is 29.5 Å². The molecule has 3 atom stereocenters. The summed E-state index contributed by atoms with van der Waals surface area (Å²) in [5.74, 6) is -0.898. The number of aliphatic carboxylic acids is 1. The summed E-state index contributed by atoms with van der Waals surface area (Å²) in [6.07, 6.45) is -1.12. The normalized spacial score (nSPS) is 22.2. The Morgan fingerprint density at radius 1 is 1.26 bits per heavy atom. The van der Waals surface area contributed by atoms with Gasteiger partial charge in [0.2, 0.25) is 12.1 Å². The number of para-hydroxylation sites is 1. The summed E-state index contributed by atoms with van der Waals surface area (Å²) in [4.78, 5) is 45.3. The Morgan fingerprint density at radius 3 is 2.65 bits per heavy atom. The third-order valence-electron chi connectivity index (χ3n) is 4.98. The van der Waals surface area contributed by atoms with Crippen LogP contribution in [0.3, 0.4) is 0 Å². The van der Waals surface area contributed by atoms with E-state index in [9.17, 15) is 19.5 Å². The second-order valence-electron chi connectivity index (χ2n) is 6.90. The van der Waals surface area contributed by atoms with Crippen LogP contribution in [0.1, 0.15) is 4.88 Å². The number of hydrogen-bond donors (Lipinski definition) is 2. The Bertz CT molecular complexity index is 986. The van der Waals surface area contributed by atoms with Gasteiger partial charge in [0.15, 0.2) is 0 Å². The number of amides is 2. The summed E-state index contributed by atoms with van der Waals surface area (Å²) in [6, 6.07) is 12.5. The van der Waals surface area contributed by atoms with Crippen LogP contribution in [-0.4, -0.2) is 93.6 Å². The average Bonchev–Trinajstić information content (AvgIpc) is 3.17. The number of β-lactam (4-membered cyclic amide) rings is 1. The van der Waals surface area contributed by atoms with E-state index >= 15 is 0 Å². The molecule has 3 heterocycles. The zero-order valence-corrected chi connectivity index (χ0v) is 17.7. The first-order valence-corrected chi connectivity index (χ1v) is 11.2. The number of anilines is 1. The van der Waals surface area contributed by atoms with Crippen LogP contribution in [0.4, 0.5) is 5.69 Å². The predicted octanol–water partition coefficient (Wildman–Crippen LogP) is 0.988. The monoisotopic (exact) mass is 468 g/mol. The quantitative estimate of drug-likeness (QED) is 0.501. The number of nitrogens with one attached hydrogen (secondary N) is 1. The summed E-state index contributed by atoms with van der Waals surface area (Å²) in [7, 11) is 1.82. The molecular formula is C20H21N4NaO4S2. The Balaban J connectivity index is 0.00000272. The molecule has 0 spiro atoms. The molecule has 1 aromatic carbocycles. The van der Waals surface area contributed by atoms with E-state index in [-0.39, 0.29) is 41.9 Å². The topological polar surface area (TPSA) is 102 Å². The maximum absolute atomic E-state index is 12.7. The SMILES string of the molecule is CN(C1=N[C@@H](C(=O)O)N2C(=O)C(NC(=O)Cc3cccs3)C2SC1)c1ccccc1.[NaH]. The number of benzene rings is 1. The van der Waals surface area contributed by atoms with Crippen molar-refractivity contribution in [1.82, 2.24) is 10.2 Å². The zero-order valence-electron chi connectivity index (χ0n) is 16.1. The van der Waals surface area contributed by atoms with Gasteiger partial charge in [-0.05, 0) is 23.6 Å². The molecule has 0 aliphatic carbocycles. The first-order chi connectivity index (χ1) is 14.5. The van der Waals surface area contributed by atoms with Gasteiger partial charge >= 0.3 is 35.5 Å². The van der Waals surface area contributed by atoms with Gasteiger partial charge in [-0.1, -0.05) is 24.3 Å². The molecule has 2 amide bonds. The minimum atomic E-state index is -1.32. The second-order valence-corrected chi connectivity index (χ2v) is 9.04. The number of amidine groups is 1. The summed E-state index contributed by atoms with van der Waals surface area (Å²) in [5, 5.41) is 13.9. The van der Waals surface area contributed by atoms with Crippen LogP contribution < -0.4 is 10.2 Å². The second kappa shape index (κ2) is 10.2. The van der Waals surface area contributed by atoms with Gasteiger partial charge in [-0.15, -0.1) is 23.1 Å². The zero-order chi connectivity index (χ0) is 21.3. The first-order valence-electron chi connectivity index (χ1n) is 9.29. The van der Waals surface area contributed by atoms with Crippen molar-refractivity contribution in [2.75, 3.05) is 17.7 Å². The van der Waals surface area contributed by atoms with E-state index in [1.165, 1.54) is 28.0 Å². The molecule has 0 radical (unpaired) electrons. The maximum atomic E-state index is 12.7. The van der Waals surface area contributed by atoms with Gasteiger partial charge in [0, 0.05) is 17.6 Å². The molecule has 4 rings (SSSR count). The molecule has 0 bridgehead atoms. The van der Waals surface area contributed by atoms with Gasteiger partial charge in [-0.2, -0.15) is 0 Å². The molecule has 2 unspecified atom stereocenters. The van der Waals surface area contributed by atoms with Crippen LogP contribution in [-0.2, 0) is 20.8 Å². The van der Waals surface area contributed by atoms with E-state index in [0.29, 0.717) is 11.6 Å². The van der Waals surface area contributed by atoms with Crippen molar-refractivity contribution in [2.24, 2.45) is 4.99 Å². The Hall–Kier alpha value is -1.85. The van der Waals surface area contributed by atoms with E-state index in [4.69, 9.17) is 0 Å². The summed E-state index contributed by atoms with van der Waals surface area (Å²) >= 11 is 2.88. The molecule has 2 aromatic rings. The van der Waals surface area contributed by atoms with E-state index in [2.05, 4.69) is 10.3 Å². The molecule has 1 aromatic heterocycles. The molecule has 2 aliphatic rings. The van der Waals surface area contributed by atoms with Crippen molar-refractivity contribution in [1.29, 1.82) is 0 Å². The van der Waals surface area contributed by atoms with Gasteiger partial charge in [0.1, 0.15) is 17.3 Å². The van der Waals surface area contributed by atoms with Crippen LogP contribution in [0.15, 0.2) is 52.8 Å². The fourth-order valence-electron chi connectivity index (χ4n) is 3.41. The number of rotatable bonds is 5. The number of thioether (sulfide) groups is 1. The minimum absolute atomic E-state index is 0. The van der Waals surface area contributed by atoms with Gasteiger partial charge in [-0.3, -0.25) is 14.5 Å². The molecular weight excluding hydrogens is 447 g/mol. The molecule has 31 heavy (non-hydrogen) atoms. The third kappa shape index (κ3) is 4.98. The van der Waals surface area contributed by atoms with Crippen molar-refractivity contribution in [3.8, 4) is 0 Å². The van der Waals surface area contributed by atoms with Crippen molar-refractivity contribution in [2.45, 2.75) is 24.0 Å². The van der Waals surface area contributed by atoms with Crippen LogP contribution >= 0.6 is 23.1 Å². The molecule has 2 aliphatic heterocycles. The van der Waals surface area contributed by atoms with Crippen LogP contribution in [0.25, 0.3) is 0 Å². The standard InChI is InChI=1S/C20H20N4O4S2.Na.H/c1-23(12-6-3-2-4-7-12)14-11-30-19-16(18(26)24(19)17(21-14)20(27)28)22-15(25)10-13-8-5-9-29-13;;/h2-9,16-17,19H,10-11H2,1H3,(H,22,25)(H,27,28);;/t16?,17-,19?;;/m1../s1. The van der Waals surface area contributed by atoms with Gasteiger partial charge in [0.05, 0.1) is 12.2 Å². The van der Waals surface area contributed by atoms with Gasteiger partial charge in [-0.25, -0.2) is 9.79 Å². The first kappa shape index (κ1) is 23.8. The number of carboxylic acids is 1. The van der Waals surface area contributed by atoms with Crippen molar-refractivity contribution >= 4 is 82.0 Å². The van der Waals surface area contributed by atoms with Gasteiger partial charge in [0.25, 0.3) is 5.91 Å². The number of carboxylic acid groups (broad SMARTS) is 1. The fraction of sp³-hybridized carbons (Fsp3) is 0.300. The molecule has 8 nitrogen and oxygen atoms in total. The number of thiophene rings is 1. The Kier molecular flexibility index (Phi) is 7.82. The predicted molar refractivity (Wildman–Crippen MR) is 124 cm³/mol.